The van der Waals surface area contributed by atoms with Crippen molar-refractivity contribution in [1.29, 1.82) is 0 Å². The molecule has 0 atom stereocenters. The molecule has 82 valence electrons. The van der Waals surface area contributed by atoms with Crippen LogP contribution in [0, 0.1) is 0 Å². The first-order valence-electron chi connectivity index (χ1n) is 4.73. The Labute approximate surface area is 86.4 Å². The maximum absolute atomic E-state index is 11.4. The van der Waals surface area contributed by atoms with Crippen LogP contribution < -0.4 is 5.56 Å². The summed E-state index contributed by atoms with van der Waals surface area (Å²) in [7, 11) is 3.12. The van der Waals surface area contributed by atoms with Crippen molar-refractivity contribution < 1.29 is 9.53 Å². The maximum atomic E-state index is 11.4. The summed E-state index contributed by atoms with van der Waals surface area (Å²) in [5.74, 6) is 0. The topological polar surface area (TPSA) is 67.3 Å². The van der Waals surface area contributed by atoms with Gasteiger partial charge in [-0.25, -0.2) is 4.79 Å². The summed E-state index contributed by atoms with van der Waals surface area (Å²) >= 11 is 0. The van der Waals surface area contributed by atoms with Crippen LogP contribution >= 0.6 is 0 Å². The molecule has 0 saturated heterocycles. The van der Waals surface area contributed by atoms with Gasteiger partial charge in [-0.2, -0.15) is 0 Å². The van der Waals surface area contributed by atoms with E-state index in [-0.39, 0.29) is 11.7 Å². The van der Waals surface area contributed by atoms with Crippen LogP contribution in [0.1, 0.15) is 11.3 Å². The number of carbonyl (C=O) groups excluding carboxylic acids is 1. The number of hydrogen-bond acceptors (Lipinski definition) is 3. The summed E-state index contributed by atoms with van der Waals surface area (Å²) < 4.78 is 6.30. The Morgan fingerprint density at radius 1 is 1.53 bits per heavy atom. The van der Waals surface area contributed by atoms with Crippen LogP contribution in [0.4, 0.5) is 4.79 Å². The van der Waals surface area contributed by atoms with Gasteiger partial charge in [-0.1, -0.05) is 0 Å². The van der Waals surface area contributed by atoms with Crippen molar-refractivity contribution in [2.75, 3.05) is 13.7 Å². The van der Waals surface area contributed by atoms with Gasteiger partial charge in [0.1, 0.15) is 0 Å². The number of fused-ring (bicyclic) bond motifs is 1. The van der Waals surface area contributed by atoms with Gasteiger partial charge >= 0.3 is 6.09 Å². The van der Waals surface area contributed by atoms with Crippen LogP contribution in [0.3, 0.4) is 0 Å². The Balaban J connectivity index is 2.30. The zero-order chi connectivity index (χ0) is 11.0. The molecule has 0 bridgehead atoms. The fraction of sp³-hybridized carbons (Fsp3) is 0.556. The zero-order valence-corrected chi connectivity index (χ0v) is 8.74. The fourth-order valence-corrected chi connectivity index (χ4v) is 1.87. The third-order valence-corrected chi connectivity index (χ3v) is 2.70. The molecular weight excluding hydrogens is 198 g/mol. The van der Waals surface area contributed by atoms with Gasteiger partial charge in [0, 0.05) is 19.2 Å². The molecule has 6 heteroatoms. The van der Waals surface area contributed by atoms with E-state index < -0.39 is 0 Å². The second kappa shape index (κ2) is 3.45. The number of methoxy groups -OCH3 is 1. The molecule has 0 fully saturated rings. The van der Waals surface area contributed by atoms with E-state index in [4.69, 9.17) is 0 Å². The van der Waals surface area contributed by atoms with Gasteiger partial charge in [0.25, 0.3) is 5.56 Å². The van der Waals surface area contributed by atoms with Crippen LogP contribution in [0.2, 0.25) is 0 Å². The van der Waals surface area contributed by atoms with Crippen molar-refractivity contribution in [1.82, 2.24) is 14.7 Å². The lowest BCUT2D eigenvalue weighted by Crippen LogP contribution is -2.37. The quantitative estimate of drug-likeness (QED) is 0.648. The van der Waals surface area contributed by atoms with Gasteiger partial charge in [-0.3, -0.25) is 14.6 Å². The molecule has 2 rings (SSSR count). The Bertz CT molecular complexity index is 446. The molecule has 1 amide bonds. The molecule has 1 aromatic rings. The van der Waals surface area contributed by atoms with Crippen LogP contribution in [-0.2, 0) is 24.8 Å². The normalized spacial score (nSPS) is 14.9. The first-order chi connectivity index (χ1) is 7.13. The molecule has 2 heterocycles. The lowest BCUT2D eigenvalue weighted by atomic mass is 10.1. The minimum Gasteiger partial charge on any atom is -0.453 e. The van der Waals surface area contributed by atoms with Crippen molar-refractivity contribution in [2.24, 2.45) is 7.05 Å². The van der Waals surface area contributed by atoms with Crippen molar-refractivity contribution in [3.05, 3.63) is 21.6 Å². The van der Waals surface area contributed by atoms with Gasteiger partial charge in [0.15, 0.2) is 0 Å². The number of H-pyrrole nitrogens is 1. The Hall–Kier alpha value is -1.72. The second-order valence-electron chi connectivity index (χ2n) is 3.57. The molecule has 0 aromatic carbocycles. The number of aromatic nitrogens is 2. The van der Waals surface area contributed by atoms with Crippen molar-refractivity contribution in [3.8, 4) is 0 Å². The number of nitrogens with zero attached hydrogens (tertiary/aromatic N) is 2. The van der Waals surface area contributed by atoms with Crippen LogP contribution in [0.5, 0.6) is 0 Å². The van der Waals surface area contributed by atoms with Crippen molar-refractivity contribution in [2.45, 2.75) is 13.0 Å². The number of carbonyl (C=O) groups is 1. The predicted octanol–water partition coefficient (Wildman–Crippen LogP) is -0.162. The Morgan fingerprint density at radius 3 is 2.93 bits per heavy atom. The largest absolute Gasteiger partial charge is 0.453 e. The molecule has 1 aromatic heterocycles. The summed E-state index contributed by atoms with van der Waals surface area (Å²) in [6.07, 6.45) is 0.231. The van der Waals surface area contributed by atoms with E-state index >= 15 is 0 Å². The molecule has 1 aliphatic rings. The average molecular weight is 211 g/mol. The van der Waals surface area contributed by atoms with E-state index in [0.717, 1.165) is 11.3 Å². The lowest BCUT2D eigenvalue weighted by molar-refractivity contribution is 0.117. The first kappa shape index (κ1) is 9.82. The number of nitrogens with one attached hydrogen (secondary N) is 1. The van der Waals surface area contributed by atoms with Crippen LogP contribution in [-0.4, -0.2) is 34.4 Å². The molecule has 1 N–H and O–H groups in total. The fourth-order valence-electron chi connectivity index (χ4n) is 1.87. The average Bonchev–Trinajstić information content (AvgIpc) is 2.53. The maximum Gasteiger partial charge on any atom is 0.409 e. The van der Waals surface area contributed by atoms with E-state index in [1.807, 2.05) is 0 Å². The lowest BCUT2D eigenvalue weighted by Gasteiger charge is -2.25. The van der Waals surface area contributed by atoms with E-state index in [9.17, 15) is 9.59 Å². The Kier molecular flexibility index (Phi) is 2.26. The van der Waals surface area contributed by atoms with Crippen LogP contribution in [0.15, 0.2) is 4.79 Å². The molecular formula is C9H13N3O3. The molecule has 0 unspecified atom stereocenters. The second-order valence-corrected chi connectivity index (χ2v) is 3.57. The molecule has 0 saturated carbocycles. The number of hydrogen-bond donors (Lipinski definition) is 1. The molecule has 0 spiro atoms. The minimum absolute atomic E-state index is 0.0583. The smallest absolute Gasteiger partial charge is 0.409 e. The monoisotopic (exact) mass is 211 g/mol. The van der Waals surface area contributed by atoms with E-state index in [1.165, 1.54) is 7.11 Å². The van der Waals surface area contributed by atoms with E-state index in [0.29, 0.717) is 19.5 Å². The van der Waals surface area contributed by atoms with Crippen molar-refractivity contribution >= 4 is 6.09 Å². The highest BCUT2D eigenvalue weighted by Gasteiger charge is 2.25. The van der Waals surface area contributed by atoms with Crippen molar-refractivity contribution in [3.63, 3.8) is 0 Å². The highest BCUT2D eigenvalue weighted by Crippen LogP contribution is 2.15. The highest BCUT2D eigenvalue weighted by atomic mass is 16.5. The molecule has 6 nitrogen and oxygen atoms in total. The third kappa shape index (κ3) is 1.51. The third-order valence-electron chi connectivity index (χ3n) is 2.70. The first-order valence-corrected chi connectivity index (χ1v) is 4.73. The number of rotatable bonds is 0. The highest BCUT2D eigenvalue weighted by molar-refractivity contribution is 5.67. The summed E-state index contributed by atoms with van der Waals surface area (Å²) in [5, 5.41) is 2.68. The number of ether oxygens (including phenoxy) is 1. The van der Waals surface area contributed by atoms with E-state index in [2.05, 4.69) is 9.84 Å². The Morgan fingerprint density at radius 2 is 2.27 bits per heavy atom. The number of aromatic amines is 1. The zero-order valence-electron chi connectivity index (χ0n) is 8.74. The predicted molar refractivity (Wildman–Crippen MR) is 52.6 cm³/mol. The number of amides is 1. The van der Waals surface area contributed by atoms with Gasteiger partial charge in [-0.05, 0) is 6.42 Å². The summed E-state index contributed by atoms with van der Waals surface area (Å²) in [5.41, 5.74) is 1.58. The van der Waals surface area contributed by atoms with Gasteiger partial charge in [-0.15, -0.1) is 0 Å². The number of aryl methyl sites for hydroxylation is 1. The molecule has 1 aliphatic heterocycles. The minimum atomic E-state index is -0.353. The molecule has 0 aliphatic carbocycles. The van der Waals surface area contributed by atoms with Crippen LogP contribution in [0.25, 0.3) is 0 Å². The van der Waals surface area contributed by atoms with Gasteiger partial charge in [0.05, 0.1) is 19.3 Å². The SMILES string of the molecule is COC(=O)N1CCc2c(n(C)[nH]c2=O)C1. The summed E-state index contributed by atoms with van der Waals surface area (Å²) in [6.45, 7) is 0.962. The molecule has 0 radical (unpaired) electrons. The standard InChI is InChI=1S/C9H13N3O3/c1-11-7-5-12(9(14)15-2)4-3-6(7)8(13)10-11/h3-5H2,1-2H3,(H,10,13). The molecule has 15 heavy (non-hydrogen) atoms. The van der Waals surface area contributed by atoms with Gasteiger partial charge in [0.2, 0.25) is 0 Å². The van der Waals surface area contributed by atoms with Gasteiger partial charge < -0.3 is 9.64 Å². The summed E-state index contributed by atoms with van der Waals surface area (Å²) in [6, 6.07) is 0. The summed E-state index contributed by atoms with van der Waals surface area (Å²) in [4.78, 5) is 24.3. The van der Waals surface area contributed by atoms with E-state index in [1.54, 1.807) is 16.6 Å².